The van der Waals surface area contributed by atoms with E-state index < -0.39 is 10.0 Å². The minimum Gasteiger partial charge on any atom is -0.388 e. The second-order valence-corrected chi connectivity index (χ2v) is 6.89. The molecule has 0 bridgehead atoms. The molecule has 2 N–H and O–H groups in total. The molecule has 2 rings (SSSR count). The van der Waals surface area contributed by atoms with E-state index in [4.69, 9.17) is 18.0 Å². The van der Waals surface area contributed by atoms with E-state index in [1.54, 1.807) is 10.4 Å². The highest BCUT2D eigenvalue weighted by Crippen LogP contribution is 2.27. The third-order valence-electron chi connectivity index (χ3n) is 3.39. The molecule has 5 nitrogen and oxygen atoms in total. The first-order chi connectivity index (χ1) is 8.96. The lowest BCUT2D eigenvalue weighted by Crippen LogP contribution is -2.35. The number of sulfonamides is 1. The SMILES string of the molecule is CCC1CCCN1S(=O)(=O)c1ccc(C(N)=S)nc1. The van der Waals surface area contributed by atoms with Crippen LogP contribution in [0.3, 0.4) is 0 Å². The third kappa shape index (κ3) is 2.77. The van der Waals surface area contributed by atoms with Crippen LogP contribution in [0, 0.1) is 0 Å². The number of thiocarbonyl (C=S) groups is 1. The van der Waals surface area contributed by atoms with Crippen LogP contribution < -0.4 is 5.73 Å². The molecule has 0 amide bonds. The Bertz CT molecular complexity index is 569. The molecule has 1 saturated heterocycles. The van der Waals surface area contributed by atoms with E-state index in [1.807, 2.05) is 6.92 Å². The summed E-state index contributed by atoms with van der Waals surface area (Å²) in [6.45, 7) is 2.59. The molecule has 1 aliphatic heterocycles. The van der Waals surface area contributed by atoms with Crippen molar-refractivity contribution in [3.05, 3.63) is 24.0 Å². The molecular formula is C12H17N3O2S2. The Morgan fingerprint density at radius 2 is 2.32 bits per heavy atom. The van der Waals surface area contributed by atoms with Crippen LogP contribution in [0.25, 0.3) is 0 Å². The maximum atomic E-state index is 12.5. The van der Waals surface area contributed by atoms with Crippen LogP contribution in [0.2, 0.25) is 0 Å². The van der Waals surface area contributed by atoms with Crippen LogP contribution in [0.15, 0.2) is 23.2 Å². The Kier molecular flexibility index (Phi) is 4.17. The van der Waals surface area contributed by atoms with E-state index in [2.05, 4.69) is 4.98 Å². The van der Waals surface area contributed by atoms with Gasteiger partial charge in [-0.05, 0) is 31.4 Å². The monoisotopic (exact) mass is 299 g/mol. The maximum absolute atomic E-state index is 12.5. The highest BCUT2D eigenvalue weighted by atomic mass is 32.2. The van der Waals surface area contributed by atoms with Crippen molar-refractivity contribution in [2.45, 2.75) is 37.1 Å². The fourth-order valence-corrected chi connectivity index (χ4v) is 4.18. The van der Waals surface area contributed by atoms with Gasteiger partial charge in [0.05, 0.1) is 5.69 Å². The molecule has 1 aliphatic rings. The van der Waals surface area contributed by atoms with Gasteiger partial charge in [0.2, 0.25) is 10.0 Å². The fraction of sp³-hybridized carbons (Fsp3) is 0.500. The van der Waals surface area contributed by atoms with Crippen molar-refractivity contribution in [2.75, 3.05) is 6.54 Å². The lowest BCUT2D eigenvalue weighted by atomic mass is 10.2. The number of nitrogens with zero attached hydrogens (tertiary/aromatic N) is 2. The minimum atomic E-state index is -3.46. The standard InChI is InChI=1S/C12H17N3O2S2/c1-2-9-4-3-7-15(9)19(16,17)10-5-6-11(12(13)18)14-8-10/h5-6,8-9H,2-4,7H2,1H3,(H2,13,18). The van der Waals surface area contributed by atoms with E-state index in [9.17, 15) is 8.42 Å². The number of nitrogens with two attached hydrogens (primary N) is 1. The summed E-state index contributed by atoms with van der Waals surface area (Å²) in [6, 6.07) is 3.16. The molecule has 0 aliphatic carbocycles. The summed E-state index contributed by atoms with van der Waals surface area (Å²) in [5.41, 5.74) is 5.88. The minimum absolute atomic E-state index is 0.0975. The molecule has 0 saturated carbocycles. The van der Waals surface area contributed by atoms with Crippen LogP contribution in [-0.4, -0.2) is 35.3 Å². The maximum Gasteiger partial charge on any atom is 0.244 e. The topological polar surface area (TPSA) is 76.3 Å². The average Bonchev–Trinajstić information content (AvgIpc) is 2.87. The summed E-state index contributed by atoms with van der Waals surface area (Å²) >= 11 is 4.80. The molecule has 0 aromatic carbocycles. The molecule has 1 atom stereocenters. The van der Waals surface area contributed by atoms with Crippen LogP contribution in [0.5, 0.6) is 0 Å². The third-order valence-corrected chi connectivity index (χ3v) is 5.53. The molecule has 19 heavy (non-hydrogen) atoms. The van der Waals surface area contributed by atoms with Gasteiger partial charge in [0.1, 0.15) is 9.88 Å². The van der Waals surface area contributed by atoms with Crippen LogP contribution in [0.1, 0.15) is 31.9 Å². The molecule has 1 fully saturated rings. The van der Waals surface area contributed by atoms with E-state index in [1.165, 1.54) is 12.3 Å². The Labute approximate surface area is 118 Å². The van der Waals surface area contributed by atoms with Gasteiger partial charge in [-0.3, -0.25) is 4.98 Å². The summed E-state index contributed by atoms with van der Waals surface area (Å²) in [7, 11) is -3.46. The van der Waals surface area contributed by atoms with Gasteiger partial charge in [0, 0.05) is 18.8 Å². The summed E-state index contributed by atoms with van der Waals surface area (Å²) < 4.78 is 26.6. The van der Waals surface area contributed by atoms with Crippen molar-refractivity contribution >= 4 is 27.2 Å². The zero-order valence-corrected chi connectivity index (χ0v) is 12.4. The van der Waals surface area contributed by atoms with Gasteiger partial charge in [-0.1, -0.05) is 19.1 Å². The van der Waals surface area contributed by atoms with Crippen molar-refractivity contribution < 1.29 is 8.42 Å². The van der Waals surface area contributed by atoms with Crippen molar-refractivity contribution in [1.29, 1.82) is 0 Å². The fourth-order valence-electron chi connectivity index (χ4n) is 2.35. The number of pyridine rings is 1. The Morgan fingerprint density at radius 1 is 1.58 bits per heavy atom. The highest BCUT2D eigenvalue weighted by Gasteiger charge is 2.34. The molecular weight excluding hydrogens is 282 g/mol. The molecule has 2 heterocycles. The molecule has 1 aromatic rings. The van der Waals surface area contributed by atoms with E-state index in [-0.39, 0.29) is 15.9 Å². The molecule has 1 unspecified atom stereocenters. The van der Waals surface area contributed by atoms with Crippen molar-refractivity contribution in [3.63, 3.8) is 0 Å². The zero-order valence-electron chi connectivity index (χ0n) is 10.7. The predicted octanol–water partition coefficient (Wildman–Crippen LogP) is 1.28. The van der Waals surface area contributed by atoms with Gasteiger partial charge in [-0.25, -0.2) is 8.42 Å². The summed E-state index contributed by atoms with van der Waals surface area (Å²) in [6.07, 6.45) is 4.00. The second-order valence-electron chi connectivity index (χ2n) is 4.56. The molecule has 104 valence electrons. The van der Waals surface area contributed by atoms with Crippen LogP contribution in [-0.2, 0) is 10.0 Å². The summed E-state index contributed by atoms with van der Waals surface area (Å²) in [4.78, 5) is 4.36. The van der Waals surface area contributed by atoms with Gasteiger partial charge in [0.25, 0.3) is 0 Å². The number of hydrogen-bond donors (Lipinski definition) is 1. The number of aromatic nitrogens is 1. The van der Waals surface area contributed by atoms with Crippen molar-refractivity contribution in [2.24, 2.45) is 5.73 Å². The number of rotatable bonds is 4. The van der Waals surface area contributed by atoms with Gasteiger partial charge < -0.3 is 5.73 Å². The van der Waals surface area contributed by atoms with Gasteiger partial charge >= 0.3 is 0 Å². The number of hydrogen-bond acceptors (Lipinski definition) is 4. The normalized spacial score (nSPS) is 20.6. The Balaban J connectivity index is 2.31. The lowest BCUT2D eigenvalue weighted by Gasteiger charge is -2.22. The summed E-state index contributed by atoms with van der Waals surface area (Å²) in [5, 5.41) is 0. The molecule has 7 heteroatoms. The van der Waals surface area contributed by atoms with Crippen LogP contribution >= 0.6 is 12.2 Å². The van der Waals surface area contributed by atoms with E-state index in [0.717, 1.165) is 19.3 Å². The van der Waals surface area contributed by atoms with E-state index in [0.29, 0.717) is 12.2 Å². The average molecular weight is 299 g/mol. The second kappa shape index (κ2) is 5.52. The Morgan fingerprint density at radius 3 is 2.84 bits per heavy atom. The molecule has 1 aromatic heterocycles. The molecule has 0 radical (unpaired) electrons. The van der Waals surface area contributed by atoms with Gasteiger partial charge in [-0.15, -0.1) is 0 Å². The highest BCUT2D eigenvalue weighted by molar-refractivity contribution is 7.89. The first kappa shape index (κ1) is 14.4. The molecule has 0 spiro atoms. The summed E-state index contributed by atoms with van der Waals surface area (Å²) in [5.74, 6) is 0. The van der Waals surface area contributed by atoms with Crippen molar-refractivity contribution in [3.8, 4) is 0 Å². The van der Waals surface area contributed by atoms with Crippen molar-refractivity contribution in [1.82, 2.24) is 9.29 Å². The largest absolute Gasteiger partial charge is 0.388 e. The van der Waals surface area contributed by atoms with Gasteiger partial charge in [-0.2, -0.15) is 4.31 Å². The Hall–Kier alpha value is -1.05. The quantitative estimate of drug-likeness (QED) is 0.848. The van der Waals surface area contributed by atoms with Crippen LogP contribution in [0.4, 0.5) is 0 Å². The zero-order chi connectivity index (χ0) is 14.0. The van der Waals surface area contributed by atoms with Gasteiger partial charge in [0.15, 0.2) is 0 Å². The smallest absolute Gasteiger partial charge is 0.244 e. The lowest BCUT2D eigenvalue weighted by molar-refractivity contribution is 0.379. The first-order valence-electron chi connectivity index (χ1n) is 6.24. The predicted molar refractivity (Wildman–Crippen MR) is 77.3 cm³/mol. The van der Waals surface area contributed by atoms with E-state index >= 15 is 0 Å². The first-order valence-corrected chi connectivity index (χ1v) is 8.09.